The third-order valence-corrected chi connectivity index (χ3v) is 10.1. The van der Waals surface area contributed by atoms with Crippen molar-refractivity contribution in [2.75, 3.05) is 0 Å². The van der Waals surface area contributed by atoms with E-state index in [0.717, 1.165) is 31.2 Å². The fourth-order valence-corrected chi connectivity index (χ4v) is 8.64. The van der Waals surface area contributed by atoms with Crippen molar-refractivity contribution in [3.8, 4) is 16.9 Å². The first kappa shape index (κ1) is 27.1. The summed E-state index contributed by atoms with van der Waals surface area (Å²) in [6, 6.07) is 11.6. The molecular formula is C39H46O. The fraction of sp³-hybridized carbons (Fsp3) is 0.436. The van der Waals surface area contributed by atoms with Gasteiger partial charge < -0.3 is 5.11 Å². The van der Waals surface area contributed by atoms with E-state index in [1.807, 2.05) is 0 Å². The molecule has 1 saturated carbocycles. The summed E-state index contributed by atoms with van der Waals surface area (Å²) >= 11 is 0. The molecule has 0 aromatic heterocycles. The Morgan fingerprint density at radius 2 is 1.23 bits per heavy atom. The highest BCUT2D eigenvalue weighted by Crippen LogP contribution is 2.54. The molecule has 3 aliphatic rings. The van der Waals surface area contributed by atoms with Crippen molar-refractivity contribution in [2.24, 2.45) is 5.92 Å². The molecule has 0 aliphatic heterocycles. The average molecular weight is 531 g/mol. The summed E-state index contributed by atoms with van der Waals surface area (Å²) in [5.41, 5.74) is 20.3. The Labute approximate surface area is 242 Å². The van der Waals surface area contributed by atoms with Gasteiger partial charge in [-0.25, -0.2) is 0 Å². The lowest BCUT2D eigenvalue weighted by Gasteiger charge is -2.38. The first-order chi connectivity index (χ1) is 19.2. The standard InChI is InChI=1S/C39H46O/c1-22-16-24(3)35(25(4)17-22)33-20-29-12-8-10-14-31(29)37(28(33)7)38-32-15-11-9-13-30(32)21-34(39(38)40)36-26(5)18-23(2)19-27(36)6/h16-21,28,33,40H,8-15H2,1-7H3/t28?,33-/m0/s1. The van der Waals surface area contributed by atoms with E-state index in [0.29, 0.717) is 17.6 Å². The highest BCUT2D eigenvalue weighted by atomic mass is 16.3. The van der Waals surface area contributed by atoms with Crippen molar-refractivity contribution >= 4 is 5.57 Å². The van der Waals surface area contributed by atoms with Gasteiger partial charge in [-0.15, -0.1) is 0 Å². The van der Waals surface area contributed by atoms with E-state index >= 15 is 0 Å². The van der Waals surface area contributed by atoms with Gasteiger partial charge in [0.05, 0.1) is 0 Å². The Kier molecular flexibility index (Phi) is 7.06. The molecule has 0 spiro atoms. The molecule has 3 aromatic rings. The lowest BCUT2D eigenvalue weighted by molar-refractivity contribution is 0.470. The molecule has 0 saturated heterocycles. The number of phenolic OH excluding ortho intramolecular Hbond substituents is 1. The van der Waals surface area contributed by atoms with Gasteiger partial charge in [0.2, 0.25) is 0 Å². The monoisotopic (exact) mass is 530 g/mol. The number of fused-ring (bicyclic) bond motifs is 2. The van der Waals surface area contributed by atoms with E-state index in [1.54, 1.807) is 5.57 Å². The lowest BCUT2D eigenvalue weighted by atomic mass is 9.66. The number of rotatable bonds is 3. The Morgan fingerprint density at radius 1 is 0.650 bits per heavy atom. The first-order valence-electron chi connectivity index (χ1n) is 15.6. The first-order valence-corrected chi connectivity index (χ1v) is 15.6. The van der Waals surface area contributed by atoms with Crippen LogP contribution in [0.1, 0.15) is 107 Å². The predicted octanol–water partition coefficient (Wildman–Crippen LogP) is 10.5. The third-order valence-electron chi connectivity index (χ3n) is 10.1. The van der Waals surface area contributed by atoms with E-state index in [1.165, 1.54) is 98.0 Å². The highest BCUT2D eigenvalue weighted by molar-refractivity contribution is 5.89. The van der Waals surface area contributed by atoms with Crippen LogP contribution in [0.2, 0.25) is 0 Å². The molecule has 1 fully saturated rings. The molecule has 1 heteroatoms. The van der Waals surface area contributed by atoms with E-state index in [9.17, 15) is 5.11 Å². The van der Waals surface area contributed by atoms with E-state index in [2.05, 4.69) is 84.9 Å². The zero-order valence-corrected chi connectivity index (χ0v) is 25.7. The van der Waals surface area contributed by atoms with Crippen LogP contribution in [0.25, 0.3) is 16.7 Å². The van der Waals surface area contributed by atoms with Gasteiger partial charge in [-0.05, 0) is 166 Å². The van der Waals surface area contributed by atoms with E-state index in [4.69, 9.17) is 0 Å². The van der Waals surface area contributed by atoms with E-state index < -0.39 is 0 Å². The van der Waals surface area contributed by atoms with Crippen LogP contribution < -0.4 is 0 Å². The zero-order chi connectivity index (χ0) is 28.3. The summed E-state index contributed by atoms with van der Waals surface area (Å²) in [4.78, 5) is 0. The third kappa shape index (κ3) is 4.47. The van der Waals surface area contributed by atoms with Gasteiger partial charge in [-0.3, -0.25) is 0 Å². The summed E-state index contributed by atoms with van der Waals surface area (Å²) in [6.07, 6.45) is 12.0. The van der Waals surface area contributed by atoms with Crippen LogP contribution in [0.3, 0.4) is 0 Å². The second kappa shape index (κ2) is 10.4. The quantitative estimate of drug-likeness (QED) is 0.357. The maximum absolute atomic E-state index is 12.4. The van der Waals surface area contributed by atoms with Crippen LogP contribution in [0.5, 0.6) is 5.75 Å². The molecule has 0 bridgehead atoms. The Morgan fingerprint density at radius 3 is 1.90 bits per heavy atom. The van der Waals surface area contributed by atoms with Gasteiger partial charge in [-0.1, -0.05) is 48.4 Å². The molecule has 2 atom stereocenters. The second-order valence-corrected chi connectivity index (χ2v) is 13.2. The maximum Gasteiger partial charge on any atom is 0.131 e. The second-order valence-electron chi connectivity index (χ2n) is 13.2. The Hall–Kier alpha value is -3.06. The molecule has 208 valence electrons. The molecule has 0 amide bonds. The van der Waals surface area contributed by atoms with Crippen LogP contribution in [0.15, 0.2) is 47.6 Å². The summed E-state index contributed by atoms with van der Waals surface area (Å²) in [7, 11) is 0. The van der Waals surface area contributed by atoms with Crippen molar-refractivity contribution < 1.29 is 5.11 Å². The number of hydrogen-bond donors (Lipinski definition) is 1. The summed E-state index contributed by atoms with van der Waals surface area (Å²) in [5.74, 6) is 1.16. The van der Waals surface area contributed by atoms with Gasteiger partial charge in [0, 0.05) is 17.0 Å². The molecule has 1 unspecified atom stereocenters. The van der Waals surface area contributed by atoms with E-state index in [-0.39, 0.29) is 0 Å². The average Bonchev–Trinajstić information content (AvgIpc) is 2.89. The van der Waals surface area contributed by atoms with Crippen LogP contribution in [0.4, 0.5) is 0 Å². The van der Waals surface area contributed by atoms with Crippen molar-refractivity contribution in [2.45, 2.75) is 106 Å². The molecular weight excluding hydrogens is 484 g/mol. The summed E-state index contributed by atoms with van der Waals surface area (Å²) in [5, 5.41) is 12.4. The van der Waals surface area contributed by atoms with Crippen LogP contribution in [-0.2, 0) is 12.8 Å². The number of aromatic hydroxyl groups is 1. The predicted molar refractivity (Wildman–Crippen MR) is 170 cm³/mol. The largest absolute Gasteiger partial charge is 0.507 e. The number of aryl methyl sites for hydroxylation is 7. The van der Waals surface area contributed by atoms with Gasteiger partial charge in [0.15, 0.2) is 0 Å². The van der Waals surface area contributed by atoms with Gasteiger partial charge in [-0.2, -0.15) is 0 Å². The topological polar surface area (TPSA) is 20.2 Å². The molecule has 3 aromatic carbocycles. The van der Waals surface area contributed by atoms with Crippen molar-refractivity contribution in [1.29, 1.82) is 0 Å². The normalized spacial score (nSPS) is 20.7. The van der Waals surface area contributed by atoms with Crippen LogP contribution >= 0.6 is 0 Å². The molecule has 40 heavy (non-hydrogen) atoms. The van der Waals surface area contributed by atoms with Gasteiger partial charge in [0.25, 0.3) is 0 Å². The Bertz CT molecular complexity index is 1530. The molecule has 0 radical (unpaired) electrons. The van der Waals surface area contributed by atoms with Crippen molar-refractivity contribution in [3.05, 3.63) is 103 Å². The minimum absolute atomic E-state index is 0.310. The molecule has 6 rings (SSSR count). The minimum atomic E-state index is 0.310. The number of allylic oxidation sites excluding steroid dienone is 4. The minimum Gasteiger partial charge on any atom is -0.507 e. The molecule has 3 aliphatic carbocycles. The molecule has 0 heterocycles. The van der Waals surface area contributed by atoms with Crippen LogP contribution in [0, 0.1) is 47.5 Å². The van der Waals surface area contributed by atoms with Gasteiger partial charge in [0.1, 0.15) is 5.75 Å². The highest BCUT2D eigenvalue weighted by Gasteiger charge is 2.36. The Balaban J connectivity index is 1.63. The number of benzene rings is 3. The maximum atomic E-state index is 12.4. The summed E-state index contributed by atoms with van der Waals surface area (Å²) in [6.45, 7) is 15.8. The van der Waals surface area contributed by atoms with Crippen molar-refractivity contribution in [1.82, 2.24) is 0 Å². The molecule has 1 nitrogen and oxygen atoms in total. The zero-order valence-electron chi connectivity index (χ0n) is 25.7. The fourth-order valence-electron chi connectivity index (χ4n) is 8.64. The van der Waals surface area contributed by atoms with Gasteiger partial charge >= 0.3 is 0 Å². The molecule has 1 N–H and O–H groups in total. The number of hydrogen-bond acceptors (Lipinski definition) is 1. The SMILES string of the molecule is Cc1cc(C)c(-c2cc3c(c(C4=C5CCCCC5=C[C@H](c5c(C)cc(C)cc5C)C4C)c2O)CCCC3)c(C)c1. The lowest BCUT2D eigenvalue weighted by Crippen LogP contribution is -2.22. The summed E-state index contributed by atoms with van der Waals surface area (Å²) < 4.78 is 0. The smallest absolute Gasteiger partial charge is 0.131 e. The number of phenols is 1. The van der Waals surface area contributed by atoms with Crippen molar-refractivity contribution in [3.63, 3.8) is 0 Å². The van der Waals surface area contributed by atoms with Crippen LogP contribution in [-0.4, -0.2) is 5.11 Å².